The summed E-state index contributed by atoms with van der Waals surface area (Å²) in [5, 5.41) is 0. The second-order valence-corrected chi connectivity index (χ2v) is 3.60. The van der Waals surface area contributed by atoms with Crippen LogP contribution in [0.4, 0.5) is 0 Å². The molecule has 2 aromatic rings. The van der Waals surface area contributed by atoms with Gasteiger partial charge in [0, 0.05) is 18.3 Å². The zero-order valence-corrected chi connectivity index (χ0v) is 8.85. The Hall–Kier alpha value is -1.70. The third kappa shape index (κ3) is 2.88. The van der Waals surface area contributed by atoms with Gasteiger partial charge in [-0.15, -0.1) is 0 Å². The molecule has 0 aliphatic rings. The molecule has 0 amide bonds. The Morgan fingerprint density at radius 3 is 2.53 bits per heavy atom. The third-order valence-corrected chi connectivity index (χ3v) is 2.32. The minimum atomic E-state index is 0.908. The summed E-state index contributed by atoms with van der Waals surface area (Å²) in [5.41, 5.74) is 2.37. The topological polar surface area (TPSA) is 25.8 Å². The molecular formula is C13H14N2. The minimum absolute atomic E-state index is 0.908. The second kappa shape index (κ2) is 4.69. The lowest BCUT2D eigenvalue weighted by atomic mass is 10.1. The quantitative estimate of drug-likeness (QED) is 0.757. The molecule has 1 aromatic heterocycles. The molecule has 2 rings (SSSR count). The van der Waals surface area contributed by atoms with Crippen LogP contribution in [-0.4, -0.2) is 9.97 Å². The first-order valence-electron chi connectivity index (χ1n) is 5.17. The van der Waals surface area contributed by atoms with Crippen molar-refractivity contribution in [2.45, 2.75) is 19.8 Å². The molecule has 0 atom stereocenters. The Morgan fingerprint density at radius 2 is 1.80 bits per heavy atom. The highest BCUT2D eigenvalue weighted by Gasteiger charge is 1.97. The monoisotopic (exact) mass is 198 g/mol. The number of hydrogen-bond donors (Lipinski definition) is 0. The maximum absolute atomic E-state index is 4.38. The molecule has 0 aliphatic carbocycles. The van der Waals surface area contributed by atoms with Crippen molar-refractivity contribution in [3.8, 4) is 0 Å². The molecule has 1 aromatic carbocycles. The Labute approximate surface area is 90.0 Å². The molecule has 2 heteroatoms. The average Bonchev–Trinajstić information content (AvgIpc) is 2.28. The summed E-state index contributed by atoms with van der Waals surface area (Å²) < 4.78 is 0. The Morgan fingerprint density at radius 1 is 1.00 bits per heavy atom. The van der Waals surface area contributed by atoms with Gasteiger partial charge in [0.25, 0.3) is 0 Å². The lowest BCUT2D eigenvalue weighted by Crippen LogP contribution is -1.98. The van der Waals surface area contributed by atoms with Gasteiger partial charge in [0.2, 0.25) is 0 Å². The summed E-state index contributed by atoms with van der Waals surface area (Å²) in [6.45, 7) is 1.99. The van der Waals surface area contributed by atoms with Crippen molar-refractivity contribution in [1.29, 1.82) is 0 Å². The minimum Gasteiger partial charge on any atom is -0.241 e. The summed E-state index contributed by atoms with van der Waals surface area (Å²) >= 11 is 0. The van der Waals surface area contributed by atoms with E-state index in [2.05, 4.69) is 34.2 Å². The smallest absolute Gasteiger partial charge is 0.128 e. The summed E-state index contributed by atoms with van der Waals surface area (Å²) in [6.07, 6.45) is 3.73. The fourth-order valence-corrected chi connectivity index (χ4v) is 1.52. The van der Waals surface area contributed by atoms with Crippen molar-refractivity contribution in [3.63, 3.8) is 0 Å². The van der Waals surface area contributed by atoms with Crippen molar-refractivity contribution >= 4 is 0 Å². The number of aromatic nitrogens is 2. The van der Waals surface area contributed by atoms with E-state index in [0.29, 0.717) is 0 Å². The molecule has 2 nitrogen and oxygen atoms in total. The van der Waals surface area contributed by atoms with E-state index in [0.717, 1.165) is 24.4 Å². The SMILES string of the molecule is Cc1ccnc(CCc2ccccc2)n1. The van der Waals surface area contributed by atoms with Gasteiger partial charge in [-0.1, -0.05) is 30.3 Å². The van der Waals surface area contributed by atoms with Crippen LogP contribution in [0.25, 0.3) is 0 Å². The molecule has 1 heterocycles. The highest BCUT2D eigenvalue weighted by atomic mass is 14.9. The number of benzene rings is 1. The van der Waals surface area contributed by atoms with E-state index in [1.807, 2.05) is 25.3 Å². The molecule has 0 unspecified atom stereocenters. The largest absolute Gasteiger partial charge is 0.241 e. The normalized spacial score (nSPS) is 10.2. The molecule has 15 heavy (non-hydrogen) atoms. The van der Waals surface area contributed by atoms with Gasteiger partial charge in [-0.05, 0) is 25.0 Å². The fourth-order valence-electron chi connectivity index (χ4n) is 1.52. The van der Waals surface area contributed by atoms with Gasteiger partial charge >= 0.3 is 0 Å². The van der Waals surface area contributed by atoms with Crippen molar-refractivity contribution in [2.75, 3.05) is 0 Å². The maximum Gasteiger partial charge on any atom is 0.128 e. The summed E-state index contributed by atoms with van der Waals surface area (Å²) in [5.74, 6) is 0.929. The van der Waals surface area contributed by atoms with Crippen molar-refractivity contribution in [2.24, 2.45) is 0 Å². The fraction of sp³-hybridized carbons (Fsp3) is 0.231. The van der Waals surface area contributed by atoms with Crippen LogP contribution in [0.1, 0.15) is 17.1 Å². The number of hydrogen-bond acceptors (Lipinski definition) is 2. The van der Waals surface area contributed by atoms with Gasteiger partial charge in [0.1, 0.15) is 5.82 Å². The summed E-state index contributed by atoms with van der Waals surface area (Å²) in [4.78, 5) is 8.62. The Kier molecular flexibility index (Phi) is 3.08. The molecule has 0 saturated carbocycles. The van der Waals surface area contributed by atoms with Crippen LogP contribution >= 0.6 is 0 Å². The van der Waals surface area contributed by atoms with Crippen LogP contribution in [0, 0.1) is 6.92 Å². The second-order valence-electron chi connectivity index (χ2n) is 3.60. The van der Waals surface area contributed by atoms with E-state index in [-0.39, 0.29) is 0 Å². The van der Waals surface area contributed by atoms with E-state index in [1.54, 1.807) is 0 Å². The van der Waals surface area contributed by atoms with Gasteiger partial charge in [0.15, 0.2) is 0 Å². The zero-order chi connectivity index (χ0) is 10.5. The van der Waals surface area contributed by atoms with E-state index >= 15 is 0 Å². The molecular weight excluding hydrogens is 184 g/mol. The standard InChI is InChI=1S/C13H14N2/c1-11-9-10-14-13(15-11)8-7-12-5-3-2-4-6-12/h2-6,9-10H,7-8H2,1H3. The van der Waals surface area contributed by atoms with Gasteiger partial charge in [-0.3, -0.25) is 0 Å². The molecule has 0 bridgehead atoms. The van der Waals surface area contributed by atoms with Gasteiger partial charge in [-0.25, -0.2) is 9.97 Å². The molecule has 76 valence electrons. The van der Waals surface area contributed by atoms with Gasteiger partial charge in [0.05, 0.1) is 0 Å². The third-order valence-electron chi connectivity index (χ3n) is 2.32. The van der Waals surface area contributed by atoms with E-state index < -0.39 is 0 Å². The zero-order valence-electron chi connectivity index (χ0n) is 8.85. The van der Waals surface area contributed by atoms with E-state index in [4.69, 9.17) is 0 Å². The lowest BCUT2D eigenvalue weighted by molar-refractivity contribution is 0.846. The lowest BCUT2D eigenvalue weighted by Gasteiger charge is -2.01. The maximum atomic E-state index is 4.38. The number of aryl methyl sites for hydroxylation is 3. The van der Waals surface area contributed by atoms with Crippen molar-refractivity contribution < 1.29 is 0 Å². The number of rotatable bonds is 3. The molecule has 0 spiro atoms. The highest BCUT2D eigenvalue weighted by molar-refractivity contribution is 5.15. The van der Waals surface area contributed by atoms with Crippen LogP contribution in [0.2, 0.25) is 0 Å². The van der Waals surface area contributed by atoms with Crippen LogP contribution in [0.3, 0.4) is 0 Å². The predicted octanol–water partition coefficient (Wildman–Crippen LogP) is 2.57. The Bertz CT molecular complexity index is 424. The van der Waals surface area contributed by atoms with Crippen LogP contribution < -0.4 is 0 Å². The van der Waals surface area contributed by atoms with Gasteiger partial charge in [-0.2, -0.15) is 0 Å². The highest BCUT2D eigenvalue weighted by Crippen LogP contribution is 2.03. The van der Waals surface area contributed by atoms with Crippen molar-refractivity contribution in [1.82, 2.24) is 9.97 Å². The Balaban J connectivity index is 1.99. The molecule has 0 aliphatic heterocycles. The average molecular weight is 198 g/mol. The van der Waals surface area contributed by atoms with Crippen LogP contribution in [0.5, 0.6) is 0 Å². The first-order chi connectivity index (χ1) is 7.34. The van der Waals surface area contributed by atoms with Crippen molar-refractivity contribution in [3.05, 3.63) is 59.7 Å². The molecule has 0 radical (unpaired) electrons. The first kappa shape index (κ1) is 9.84. The first-order valence-corrected chi connectivity index (χ1v) is 5.17. The van der Waals surface area contributed by atoms with E-state index in [9.17, 15) is 0 Å². The van der Waals surface area contributed by atoms with Crippen LogP contribution in [0.15, 0.2) is 42.6 Å². The molecule has 0 saturated heterocycles. The predicted molar refractivity (Wildman–Crippen MR) is 60.6 cm³/mol. The van der Waals surface area contributed by atoms with Crippen LogP contribution in [-0.2, 0) is 12.8 Å². The molecule has 0 N–H and O–H groups in total. The summed E-state index contributed by atoms with van der Waals surface area (Å²) in [7, 11) is 0. The summed E-state index contributed by atoms with van der Waals surface area (Å²) in [6, 6.07) is 12.4. The molecule has 0 fully saturated rings. The number of nitrogens with zero attached hydrogens (tertiary/aromatic N) is 2. The van der Waals surface area contributed by atoms with E-state index in [1.165, 1.54) is 5.56 Å². The van der Waals surface area contributed by atoms with Gasteiger partial charge < -0.3 is 0 Å².